The maximum atomic E-state index is 12.4. The van der Waals surface area contributed by atoms with E-state index in [9.17, 15) is 9.59 Å². The molecule has 0 fully saturated rings. The number of hydrogen-bond donors (Lipinski definition) is 1. The molecule has 3 nitrogen and oxygen atoms in total. The first-order valence-electron chi connectivity index (χ1n) is 7.38. The van der Waals surface area contributed by atoms with Gasteiger partial charge >= 0.3 is 0 Å². The molecule has 0 aliphatic rings. The van der Waals surface area contributed by atoms with Gasteiger partial charge in [0.05, 0.1) is 0 Å². The number of ketones is 1. The first-order chi connectivity index (χ1) is 8.55. The Labute approximate surface area is 112 Å². The van der Waals surface area contributed by atoms with Gasteiger partial charge in [0, 0.05) is 6.42 Å². The number of primary amides is 1. The zero-order chi connectivity index (χ0) is 14.0. The van der Waals surface area contributed by atoms with Crippen molar-refractivity contribution in [3.05, 3.63) is 0 Å². The molecule has 0 aliphatic carbocycles. The van der Waals surface area contributed by atoms with Gasteiger partial charge in [-0.3, -0.25) is 9.59 Å². The Hall–Kier alpha value is -0.860. The Kier molecular flexibility index (Phi) is 8.69. The second-order valence-electron chi connectivity index (χ2n) is 5.18. The largest absolute Gasteiger partial charge is 0.369 e. The number of unbranched alkanes of at least 4 members (excludes halogenated alkanes) is 3. The molecule has 3 heteroatoms. The Morgan fingerprint density at radius 2 is 1.33 bits per heavy atom. The Balaban J connectivity index is 4.91. The van der Waals surface area contributed by atoms with Crippen molar-refractivity contribution in [3.8, 4) is 0 Å². The highest BCUT2D eigenvalue weighted by atomic mass is 16.2. The summed E-state index contributed by atoms with van der Waals surface area (Å²) in [6.45, 7) is 6.20. The van der Waals surface area contributed by atoms with Gasteiger partial charge in [-0.2, -0.15) is 0 Å². The molecular formula is C15H29NO2. The molecule has 0 aromatic heterocycles. The standard InChI is InChI=1S/C15H29NO2/c1-4-7-10-13(17)15(14(16)18,11-8-5-2)12-9-6-3/h4-12H2,1-3H3,(H2,16,18). The van der Waals surface area contributed by atoms with E-state index in [1.54, 1.807) is 0 Å². The smallest absolute Gasteiger partial charge is 0.231 e. The lowest BCUT2D eigenvalue weighted by atomic mass is 9.72. The molecular weight excluding hydrogens is 226 g/mol. The molecule has 1 amide bonds. The minimum atomic E-state index is -0.888. The van der Waals surface area contributed by atoms with Crippen LogP contribution in [0.1, 0.15) is 78.6 Å². The van der Waals surface area contributed by atoms with E-state index in [0.717, 1.165) is 38.5 Å². The van der Waals surface area contributed by atoms with Crippen molar-refractivity contribution in [2.75, 3.05) is 0 Å². The van der Waals surface area contributed by atoms with E-state index in [0.29, 0.717) is 19.3 Å². The van der Waals surface area contributed by atoms with Crippen molar-refractivity contribution in [1.29, 1.82) is 0 Å². The molecule has 0 unspecified atom stereocenters. The Morgan fingerprint density at radius 1 is 0.889 bits per heavy atom. The molecule has 0 heterocycles. The summed E-state index contributed by atoms with van der Waals surface area (Å²) in [7, 11) is 0. The number of carbonyl (C=O) groups excluding carboxylic acids is 2. The summed E-state index contributed by atoms with van der Waals surface area (Å²) >= 11 is 0. The first-order valence-corrected chi connectivity index (χ1v) is 7.38. The van der Waals surface area contributed by atoms with E-state index in [2.05, 4.69) is 20.8 Å². The molecule has 0 atom stereocenters. The zero-order valence-electron chi connectivity index (χ0n) is 12.3. The number of rotatable bonds is 11. The van der Waals surface area contributed by atoms with E-state index < -0.39 is 11.3 Å². The van der Waals surface area contributed by atoms with Crippen LogP contribution in [0.3, 0.4) is 0 Å². The van der Waals surface area contributed by atoms with Gasteiger partial charge in [0.25, 0.3) is 0 Å². The highest BCUT2D eigenvalue weighted by Crippen LogP contribution is 2.33. The highest BCUT2D eigenvalue weighted by molar-refractivity contribution is 6.05. The van der Waals surface area contributed by atoms with Crippen LogP contribution in [0, 0.1) is 5.41 Å². The molecule has 0 radical (unpaired) electrons. The van der Waals surface area contributed by atoms with Gasteiger partial charge in [-0.25, -0.2) is 0 Å². The summed E-state index contributed by atoms with van der Waals surface area (Å²) in [4.78, 5) is 24.2. The molecule has 0 aromatic rings. The summed E-state index contributed by atoms with van der Waals surface area (Å²) in [5.74, 6) is -0.343. The van der Waals surface area contributed by atoms with Crippen LogP contribution in [0.15, 0.2) is 0 Å². The Bertz CT molecular complexity index is 253. The monoisotopic (exact) mass is 255 g/mol. The number of hydrogen-bond acceptors (Lipinski definition) is 2. The van der Waals surface area contributed by atoms with Crippen molar-refractivity contribution >= 4 is 11.7 Å². The summed E-state index contributed by atoms with van der Waals surface area (Å²) in [5, 5.41) is 0. The number of nitrogens with two attached hydrogens (primary N) is 1. The third-order valence-electron chi connectivity index (χ3n) is 3.68. The molecule has 0 spiro atoms. The van der Waals surface area contributed by atoms with Crippen molar-refractivity contribution in [3.63, 3.8) is 0 Å². The molecule has 18 heavy (non-hydrogen) atoms. The SMILES string of the molecule is CCCCC(=O)C(CCCC)(CCCC)C(N)=O. The van der Waals surface area contributed by atoms with Crippen LogP contribution in [-0.2, 0) is 9.59 Å². The van der Waals surface area contributed by atoms with Gasteiger partial charge in [0.15, 0.2) is 0 Å². The molecule has 0 bridgehead atoms. The van der Waals surface area contributed by atoms with Gasteiger partial charge < -0.3 is 5.73 Å². The summed E-state index contributed by atoms with van der Waals surface area (Å²) in [5.41, 5.74) is 4.68. The molecule has 106 valence electrons. The fourth-order valence-electron chi connectivity index (χ4n) is 2.32. The summed E-state index contributed by atoms with van der Waals surface area (Å²) in [6.07, 6.45) is 7.34. The van der Waals surface area contributed by atoms with Crippen LogP contribution < -0.4 is 5.73 Å². The van der Waals surface area contributed by atoms with Gasteiger partial charge in [0.1, 0.15) is 11.2 Å². The van der Waals surface area contributed by atoms with Gasteiger partial charge in [-0.15, -0.1) is 0 Å². The van der Waals surface area contributed by atoms with E-state index in [1.165, 1.54) is 0 Å². The van der Waals surface area contributed by atoms with Crippen molar-refractivity contribution in [2.45, 2.75) is 78.6 Å². The van der Waals surface area contributed by atoms with Gasteiger partial charge in [-0.05, 0) is 19.3 Å². The lowest BCUT2D eigenvalue weighted by Gasteiger charge is -2.29. The number of amides is 1. The van der Waals surface area contributed by atoms with Crippen molar-refractivity contribution in [2.24, 2.45) is 11.1 Å². The van der Waals surface area contributed by atoms with Crippen LogP contribution in [0.25, 0.3) is 0 Å². The second-order valence-corrected chi connectivity index (χ2v) is 5.18. The fraction of sp³-hybridized carbons (Fsp3) is 0.867. The molecule has 0 aliphatic heterocycles. The minimum absolute atomic E-state index is 0.0683. The lowest BCUT2D eigenvalue weighted by Crippen LogP contribution is -2.44. The summed E-state index contributed by atoms with van der Waals surface area (Å²) < 4.78 is 0. The third kappa shape index (κ3) is 4.79. The van der Waals surface area contributed by atoms with Crippen LogP contribution in [-0.4, -0.2) is 11.7 Å². The molecule has 0 saturated heterocycles. The topological polar surface area (TPSA) is 60.2 Å². The molecule has 0 rings (SSSR count). The van der Waals surface area contributed by atoms with Gasteiger partial charge in [-0.1, -0.05) is 52.9 Å². The van der Waals surface area contributed by atoms with E-state index in [4.69, 9.17) is 5.73 Å². The summed E-state index contributed by atoms with van der Waals surface area (Å²) in [6, 6.07) is 0. The van der Waals surface area contributed by atoms with Crippen LogP contribution in [0.2, 0.25) is 0 Å². The predicted octanol–water partition coefficient (Wildman–Crippen LogP) is 3.60. The van der Waals surface area contributed by atoms with Crippen LogP contribution in [0.5, 0.6) is 0 Å². The number of Topliss-reactive ketones (excluding diaryl/α,β-unsaturated/α-hetero) is 1. The van der Waals surface area contributed by atoms with E-state index >= 15 is 0 Å². The highest BCUT2D eigenvalue weighted by Gasteiger charge is 2.41. The minimum Gasteiger partial charge on any atom is -0.369 e. The zero-order valence-corrected chi connectivity index (χ0v) is 12.3. The predicted molar refractivity (Wildman–Crippen MR) is 75.2 cm³/mol. The second kappa shape index (κ2) is 9.12. The lowest BCUT2D eigenvalue weighted by molar-refractivity contribution is -0.141. The molecule has 0 aromatic carbocycles. The van der Waals surface area contributed by atoms with E-state index in [1.807, 2.05) is 0 Å². The maximum absolute atomic E-state index is 12.4. The third-order valence-corrected chi connectivity index (χ3v) is 3.68. The van der Waals surface area contributed by atoms with Crippen LogP contribution in [0.4, 0.5) is 0 Å². The normalized spacial score (nSPS) is 11.5. The maximum Gasteiger partial charge on any atom is 0.231 e. The van der Waals surface area contributed by atoms with E-state index in [-0.39, 0.29) is 5.78 Å². The first kappa shape index (κ1) is 17.1. The Morgan fingerprint density at radius 3 is 1.67 bits per heavy atom. The quantitative estimate of drug-likeness (QED) is 0.573. The van der Waals surface area contributed by atoms with Crippen molar-refractivity contribution in [1.82, 2.24) is 0 Å². The molecule has 0 saturated carbocycles. The van der Waals surface area contributed by atoms with Crippen molar-refractivity contribution < 1.29 is 9.59 Å². The average molecular weight is 255 g/mol. The molecule has 2 N–H and O–H groups in total. The van der Waals surface area contributed by atoms with Gasteiger partial charge in [0.2, 0.25) is 5.91 Å². The fourth-order valence-corrected chi connectivity index (χ4v) is 2.32. The van der Waals surface area contributed by atoms with Crippen LogP contribution >= 0.6 is 0 Å². The average Bonchev–Trinajstić information content (AvgIpc) is 2.36. The number of carbonyl (C=O) groups is 2.